The summed E-state index contributed by atoms with van der Waals surface area (Å²) in [5.41, 5.74) is 2.28. The van der Waals surface area contributed by atoms with Gasteiger partial charge in [-0.25, -0.2) is 9.78 Å². The lowest BCUT2D eigenvalue weighted by molar-refractivity contribution is -0.254. The molecule has 0 N–H and O–H groups in total. The van der Waals surface area contributed by atoms with Crippen molar-refractivity contribution in [1.29, 1.82) is 5.26 Å². The highest BCUT2D eigenvalue weighted by atomic mass is 16.7. The number of likely N-dealkylation sites (tertiary alicyclic amines) is 1. The molecule has 196 valence electrons. The van der Waals surface area contributed by atoms with Crippen LogP contribution >= 0.6 is 0 Å². The van der Waals surface area contributed by atoms with E-state index >= 15 is 0 Å². The molecule has 4 heterocycles. The van der Waals surface area contributed by atoms with Gasteiger partial charge in [0.05, 0.1) is 30.8 Å². The number of carbonyl (C=O) groups is 1. The quantitative estimate of drug-likeness (QED) is 0.582. The summed E-state index contributed by atoms with van der Waals surface area (Å²) in [6.07, 6.45) is 2.58. The Hall–Kier alpha value is -3.35. The van der Waals surface area contributed by atoms with Gasteiger partial charge in [-0.2, -0.15) is 5.26 Å². The molecule has 3 aliphatic heterocycles. The SMILES string of the molecule is CC(C)(C)OC(=O)N1CC2(COC(CCN(Cc3ccc4c(c3)CCO4)c3ccc(C#N)cn3)OC2)C1. The molecule has 9 heteroatoms. The zero-order chi connectivity index (χ0) is 26.0. The van der Waals surface area contributed by atoms with Crippen molar-refractivity contribution in [3.8, 4) is 11.8 Å². The summed E-state index contributed by atoms with van der Waals surface area (Å²) in [5.74, 6) is 1.76. The molecule has 0 unspecified atom stereocenters. The van der Waals surface area contributed by atoms with Crippen LogP contribution in [0.1, 0.15) is 43.9 Å². The van der Waals surface area contributed by atoms with Crippen molar-refractivity contribution in [3.05, 3.63) is 53.2 Å². The first-order valence-corrected chi connectivity index (χ1v) is 12.8. The molecule has 2 fully saturated rings. The van der Waals surface area contributed by atoms with Gasteiger partial charge < -0.3 is 28.7 Å². The number of carbonyl (C=O) groups excluding carboxylic acids is 1. The van der Waals surface area contributed by atoms with Crippen molar-refractivity contribution in [2.24, 2.45) is 5.41 Å². The maximum atomic E-state index is 12.3. The monoisotopic (exact) mass is 506 g/mol. The second-order valence-electron chi connectivity index (χ2n) is 11.2. The van der Waals surface area contributed by atoms with E-state index in [9.17, 15) is 4.79 Å². The molecule has 0 radical (unpaired) electrons. The Balaban J connectivity index is 1.17. The average molecular weight is 507 g/mol. The lowest BCUT2D eigenvalue weighted by Gasteiger charge is -2.52. The number of anilines is 1. The molecular formula is C28H34N4O5. The van der Waals surface area contributed by atoms with E-state index < -0.39 is 5.60 Å². The Bertz CT molecular complexity index is 1150. The molecule has 5 rings (SSSR count). The number of rotatable bonds is 6. The van der Waals surface area contributed by atoms with Crippen LogP contribution < -0.4 is 9.64 Å². The first-order chi connectivity index (χ1) is 17.7. The summed E-state index contributed by atoms with van der Waals surface area (Å²) in [4.78, 5) is 20.7. The van der Waals surface area contributed by atoms with Crippen LogP contribution in [0.3, 0.4) is 0 Å². The standard InChI is InChI=1S/C28H34N4O5/c1-27(2,3)37-26(33)32-16-28(17-32)18-35-25(36-19-28)8-10-31(24-7-5-21(13-29)14-30-24)15-20-4-6-23-22(12-20)9-11-34-23/h4-7,12,14,25H,8-11,15-19H2,1-3H3. The van der Waals surface area contributed by atoms with Crippen molar-refractivity contribution in [3.63, 3.8) is 0 Å². The number of benzene rings is 1. The number of nitriles is 1. The minimum atomic E-state index is -0.506. The Morgan fingerprint density at radius 3 is 2.70 bits per heavy atom. The molecule has 1 aromatic heterocycles. The van der Waals surface area contributed by atoms with E-state index in [0.29, 0.717) is 51.4 Å². The Labute approximate surface area is 217 Å². The molecule has 9 nitrogen and oxygen atoms in total. The third kappa shape index (κ3) is 5.97. The molecule has 1 aromatic carbocycles. The smallest absolute Gasteiger partial charge is 0.410 e. The minimum Gasteiger partial charge on any atom is -0.493 e. The van der Waals surface area contributed by atoms with E-state index in [4.69, 9.17) is 24.2 Å². The van der Waals surface area contributed by atoms with Crippen molar-refractivity contribution in [2.45, 2.75) is 52.0 Å². The fourth-order valence-electron chi connectivity index (χ4n) is 4.93. The van der Waals surface area contributed by atoms with Crippen LogP contribution in [-0.2, 0) is 27.2 Å². The minimum absolute atomic E-state index is 0.158. The van der Waals surface area contributed by atoms with Crippen molar-refractivity contribution >= 4 is 11.9 Å². The summed E-state index contributed by atoms with van der Waals surface area (Å²) in [6, 6.07) is 12.1. The van der Waals surface area contributed by atoms with E-state index in [-0.39, 0.29) is 17.8 Å². The first-order valence-electron chi connectivity index (χ1n) is 12.8. The highest BCUT2D eigenvalue weighted by Gasteiger charge is 2.49. The molecule has 0 aliphatic carbocycles. The van der Waals surface area contributed by atoms with Gasteiger partial charge in [0.25, 0.3) is 0 Å². The second kappa shape index (κ2) is 10.2. The number of pyridine rings is 1. The maximum Gasteiger partial charge on any atom is 0.410 e. The lowest BCUT2D eigenvalue weighted by atomic mass is 9.81. The summed E-state index contributed by atoms with van der Waals surface area (Å²) in [7, 11) is 0. The van der Waals surface area contributed by atoms with Crippen molar-refractivity contribution < 1.29 is 23.7 Å². The average Bonchev–Trinajstić information content (AvgIpc) is 3.32. The topological polar surface area (TPSA) is 97.2 Å². The number of aromatic nitrogens is 1. The normalized spacial score (nSPS) is 18.5. The van der Waals surface area contributed by atoms with Crippen LogP contribution in [0, 0.1) is 16.7 Å². The molecule has 1 spiro atoms. The molecule has 3 aliphatic rings. The third-order valence-electron chi connectivity index (χ3n) is 6.82. The zero-order valence-electron chi connectivity index (χ0n) is 21.7. The summed E-state index contributed by atoms with van der Waals surface area (Å²) in [5, 5.41) is 9.15. The highest BCUT2D eigenvalue weighted by Crippen LogP contribution is 2.36. The number of fused-ring (bicyclic) bond motifs is 1. The number of hydrogen-bond acceptors (Lipinski definition) is 8. The predicted octanol–water partition coefficient (Wildman–Crippen LogP) is 3.89. The Kier molecular flexibility index (Phi) is 6.97. The summed E-state index contributed by atoms with van der Waals surface area (Å²) < 4.78 is 23.3. The summed E-state index contributed by atoms with van der Waals surface area (Å²) >= 11 is 0. The van der Waals surface area contributed by atoms with Crippen LogP contribution in [0.5, 0.6) is 5.75 Å². The largest absolute Gasteiger partial charge is 0.493 e. The van der Waals surface area contributed by atoms with Crippen molar-refractivity contribution in [2.75, 3.05) is 44.4 Å². The van der Waals surface area contributed by atoms with Crippen LogP contribution in [-0.4, -0.2) is 67.3 Å². The van der Waals surface area contributed by atoms with Crippen LogP contribution in [0.25, 0.3) is 0 Å². The number of hydrogen-bond donors (Lipinski definition) is 0. The van der Waals surface area contributed by atoms with Gasteiger partial charge in [-0.3, -0.25) is 0 Å². The first kappa shape index (κ1) is 25.3. The van der Waals surface area contributed by atoms with E-state index in [1.807, 2.05) is 32.9 Å². The molecule has 0 saturated carbocycles. The van der Waals surface area contributed by atoms with Gasteiger partial charge in [0, 0.05) is 45.2 Å². The molecule has 1 amide bonds. The van der Waals surface area contributed by atoms with E-state index in [1.54, 1.807) is 17.2 Å². The Morgan fingerprint density at radius 2 is 2.03 bits per heavy atom. The number of nitrogens with zero attached hydrogens (tertiary/aromatic N) is 4. The molecule has 37 heavy (non-hydrogen) atoms. The predicted molar refractivity (Wildman–Crippen MR) is 136 cm³/mol. The molecular weight excluding hydrogens is 472 g/mol. The lowest BCUT2D eigenvalue weighted by Crippen LogP contribution is -2.65. The van der Waals surface area contributed by atoms with Gasteiger partial charge in [0.1, 0.15) is 23.2 Å². The van der Waals surface area contributed by atoms with Gasteiger partial charge in [-0.15, -0.1) is 0 Å². The number of amides is 1. The molecule has 2 aromatic rings. The fourth-order valence-corrected chi connectivity index (χ4v) is 4.93. The molecule has 0 bridgehead atoms. The van der Waals surface area contributed by atoms with Gasteiger partial charge in [0.15, 0.2) is 6.29 Å². The Morgan fingerprint density at radius 1 is 1.24 bits per heavy atom. The number of ether oxygens (including phenoxy) is 4. The van der Waals surface area contributed by atoms with Gasteiger partial charge >= 0.3 is 6.09 Å². The summed E-state index contributed by atoms with van der Waals surface area (Å²) in [6.45, 7) is 9.95. The highest BCUT2D eigenvalue weighted by molar-refractivity contribution is 5.69. The second-order valence-corrected chi connectivity index (χ2v) is 11.2. The zero-order valence-corrected chi connectivity index (χ0v) is 21.7. The maximum absolute atomic E-state index is 12.3. The van der Waals surface area contributed by atoms with Crippen molar-refractivity contribution in [1.82, 2.24) is 9.88 Å². The van der Waals surface area contributed by atoms with Crippen LogP contribution in [0.15, 0.2) is 36.5 Å². The van der Waals surface area contributed by atoms with E-state index in [1.165, 1.54) is 11.1 Å². The molecule has 0 atom stereocenters. The van der Waals surface area contributed by atoms with E-state index in [0.717, 1.165) is 24.6 Å². The fraction of sp³-hybridized carbons (Fsp3) is 0.536. The van der Waals surface area contributed by atoms with Gasteiger partial charge in [-0.1, -0.05) is 12.1 Å². The third-order valence-corrected chi connectivity index (χ3v) is 6.82. The molecule has 2 saturated heterocycles. The van der Waals surface area contributed by atoms with Crippen LogP contribution in [0.4, 0.5) is 10.6 Å². The van der Waals surface area contributed by atoms with E-state index in [2.05, 4.69) is 28.1 Å². The van der Waals surface area contributed by atoms with Gasteiger partial charge in [-0.05, 0) is 50.1 Å². The van der Waals surface area contributed by atoms with Crippen LogP contribution in [0.2, 0.25) is 0 Å². The van der Waals surface area contributed by atoms with Gasteiger partial charge in [0.2, 0.25) is 0 Å².